The van der Waals surface area contributed by atoms with Crippen molar-refractivity contribution in [1.82, 2.24) is 0 Å². The molecule has 1 aromatic carbocycles. The van der Waals surface area contributed by atoms with Gasteiger partial charge in [-0.2, -0.15) is 0 Å². The van der Waals surface area contributed by atoms with Crippen LogP contribution in [0.5, 0.6) is 0 Å². The third kappa shape index (κ3) is 2.31. The molecule has 0 heterocycles. The summed E-state index contributed by atoms with van der Waals surface area (Å²) in [6.45, 7) is 0.00648. The third-order valence-corrected chi connectivity index (χ3v) is 3.07. The first kappa shape index (κ1) is 11.2. The highest BCUT2D eigenvalue weighted by atomic mass is 32.2. The third-order valence-electron chi connectivity index (χ3n) is 1.90. The molecular weight excluding hydrogens is 202 g/mol. The number of aliphatic hydroxyl groups excluding tert-OH is 1. The minimum Gasteiger partial charge on any atom is -0.387 e. The van der Waals surface area contributed by atoms with E-state index in [9.17, 15) is 13.5 Å². The second-order valence-electron chi connectivity index (χ2n) is 3.06. The van der Waals surface area contributed by atoms with E-state index in [1.54, 1.807) is 18.2 Å². The van der Waals surface area contributed by atoms with Crippen LogP contribution in [0.4, 0.5) is 0 Å². The molecule has 0 aromatic heterocycles. The summed E-state index contributed by atoms with van der Waals surface area (Å²) in [6, 6.07) is 6.31. The van der Waals surface area contributed by atoms with Crippen LogP contribution in [0.1, 0.15) is 11.7 Å². The predicted molar refractivity (Wildman–Crippen MR) is 53.6 cm³/mol. The lowest BCUT2D eigenvalue weighted by atomic mass is 10.1. The number of sulfone groups is 1. The molecule has 5 heteroatoms. The van der Waals surface area contributed by atoms with Crippen LogP contribution in [-0.2, 0) is 9.84 Å². The van der Waals surface area contributed by atoms with Gasteiger partial charge in [0, 0.05) is 18.4 Å². The van der Waals surface area contributed by atoms with Gasteiger partial charge in [-0.05, 0) is 6.07 Å². The summed E-state index contributed by atoms with van der Waals surface area (Å²) in [5.41, 5.74) is 5.63. The van der Waals surface area contributed by atoms with Crippen molar-refractivity contribution in [2.24, 2.45) is 5.73 Å². The van der Waals surface area contributed by atoms with Crippen LogP contribution in [0.25, 0.3) is 0 Å². The quantitative estimate of drug-likeness (QED) is 0.748. The van der Waals surface area contributed by atoms with Crippen LogP contribution in [0.2, 0.25) is 0 Å². The van der Waals surface area contributed by atoms with E-state index in [4.69, 9.17) is 5.73 Å². The molecule has 1 atom stereocenters. The van der Waals surface area contributed by atoms with Gasteiger partial charge in [0.25, 0.3) is 0 Å². The minimum absolute atomic E-state index is 0.00648. The van der Waals surface area contributed by atoms with Crippen LogP contribution >= 0.6 is 0 Å². The van der Waals surface area contributed by atoms with Crippen LogP contribution in [0.3, 0.4) is 0 Å². The number of nitrogens with two attached hydrogens (primary N) is 1. The lowest BCUT2D eigenvalue weighted by Gasteiger charge is -2.11. The van der Waals surface area contributed by atoms with Gasteiger partial charge in [-0.1, -0.05) is 18.2 Å². The summed E-state index contributed by atoms with van der Waals surface area (Å²) < 4.78 is 22.6. The van der Waals surface area contributed by atoms with Crippen LogP contribution < -0.4 is 5.73 Å². The number of rotatable bonds is 3. The second-order valence-corrected chi connectivity index (χ2v) is 5.05. The van der Waals surface area contributed by atoms with E-state index >= 15 is 0 Å². The van der Waals surface area contributed by atoms with Gasteiger partial charge in [0.2, 0.25) is 0 Å². The van der Waals surface area contributed by atoms with Gasteiger partial charge in [-0.15, -0.1) is 0 Å². The number of benzene rings is 1. The smallest absolute Gasteiger partial charge is 0.175 e. The van der Waals surface area contributed by atoms with Crippen molar-refractivity contribution in [2.45, 2.75) is 11.0 Å². The number of hydrogen-bond donors (Lipinski definition) is 2. The molecule has 78 valence electrons. The molecule has 1 aromatic rings. The molecule has 0 saturated carbocycles. The number of hydrogen-bond acceptors (Lipinski definition) is 4. The van der Waals surface area contributed by atoms with Gasteiger partial charge in [0.1, 0.15) is 0 Å². The van der Waals surface area contributed by atoms with Gasteiger partial charge >= 0.3 is 0 Å². The van der Waals surface area contributed by atoms with Gasteiger partial charge in [-0.3, -0.25) is 0 Å². The van der Waals surface area contributed by atoms with E-state index in [0.717, 1.165) is 6.26 Å². The molecule has 1 rings (SSSR count). The second kappa shape index (κ2) is 4.08. The average molecular weight is 215 g/mol. The summed E-state index contributed by atoms with van der Waals surface area (Å²) in [5.74, 6) is 0. The minimum atomic E-state index is -3.30. The summed E-state index contributed by atoms with van der Waals surface area (Å²) in [5, 5.41) is 9.48. The predicted octanol–water partition coefficient (Wildman–Crippen LogP) is 0.0822. The Labute approximate surface area is 83.3 Å². The first-order valence-corrected chi connectivity index (χ1v) is 6.03. The Morgan fingerprint density at radius 1 is 1.43 bits per heavy atom. The molecule has 0 bridgehead atoms. The SMILES string of the molecule is CS(=O)(=O)c1ccccc1[C@@H](O)CN. The van der Waals surface area contributed by atoms with Crippen molar-refractivity contribution >= 4 is 9.84 Å². The zero-order valence-corrected chi connectivity index (χ0v) is 8.66. The Morgan fingerprint density at radius 2 is 2.00 bits per heavy atom. The van der Waals surface area contributed by atoms with E-state index in [0.29, 0.717) is 5.56 Å². The van der Waals surface area contributed by atoms with E-state index in [1.165, 1.54) is 6.07 Å². The Hall–Kier alpha value is -0.910. The Balaban J connectivity index is 3.30. The fourth-order valence-corrected chi connectivity index (χ4v) is 2.18. The molecule has 0 aliphatic rings. The normalized spacial score (nSPS) is 13.9. The van der Waals surface area contributed by atoms with Gasteiger partial charge < -0.3 is 10.8 Å². The topological polar surface area (TPSA) is 80.4 Å². The van der Waals surface area contributed by atoms with E-state index < -0.39 is 15.9 Å². The molecule has 0 aliphatic heterocycles. The first-order valence-electron chi connectivity index (χ1n) is 4.14. The zero-order valence-electron chi connectivity index (χ0n) is 7.84. The molecule has 0 amide bonds. The largest absolute Gasteiger partial charge is 0.387 e. The zero-order chi connectivity index (χ0) is 10.8. The highest BCUT2D eigenvalue weighted by Crippen LogP contribution is 2.21. The fraction of sp³-hybridized carbons (Fsp3) is 0.333. The van der Waals surface area contributed by atoms with Crippen molar-refractivity contribution in [3.8, 4) is 0 Å². The van der Waals surface area contributed by atoms with Gasteiger partial charge in [0.15, 0.2) is 9.84 Å². The lowest BCUT2D eigenvalue weighted by Crippen LogP contribution is -2.14. The summed E-state index contributed by atoms with van der Waals surface area (Å²) >= 11 is 0. The maximum Gasteiger partial charge on any atom is 0.175 e. The van der Waals surface area contributed by atoms with E-state index in [2.05, 4.69) is 0 Å². The Bertz CT molecular complexity index is 414. The highest BCUT2D eigenvalue weighted by Gasteiger charge is 2.16. The summed E-state index contributed by atoms with van der Waals surface area (Å²) in [6.07, 6.45) is 0.177. The standard InChI is InChI=1S/C9H13NO3S/c1-14(12,13)9-5-3-2-4-7(9)8(11)6-10/h2-5,8,11H,6,10H2,1H3/t8-/m0/s1. The number of aliphatic hydroxyl groups is 1. The van der Waals surface area contributed by atoms with Crippen molar-refractivity contribution in [1.29, 1.82) is 0 Å². The van der Waals surface area contributed by atoms with Crippen LogP contribution in [-0.4, -0.2) is 26.3 Å². The van der Waals surface area contributed by atoms with Gasteiger partial charge in [-0.25, -0.2) is 8.42 Å². The highest BCUT2D eigenvalue weighted by molar-refractivity contribution is 7.90. The van der Waals surface area contributed by atoms with E-state index in [-0.39, 0.29) is 11.4 Å². The molecule has 14 heavy (non-hydrogen) atoms. The molecular formula is C9H13NO3S. The maximum atomic E-state index is 11.3. The molecule has 0 unspecified atom stereocenters. The summed E-state index contributed by atoms with van der Waals surface area (Å²) in [7, 11) is -3.30. The molecule has 0 fully saturated rings. The average Bonchev–Trinajstić information content (AvgIpc) is 2.15. The van der Waals surface area contributed by atoms with Crippen molar-refractivity contribution in [2.75, 3.05) is 12.8 Å². The van der Waals surface area contributed by atoms with Gasteiger partial charge in [0.05, 0.1) is 11.0 Å². The Kier molecular flexibility index (Phi) is 3.25. The Morgan fingerprint density at radius 3 is 2.50 bits per heavy atom. The first-order chi connectivity index (χ1) is 6.46. The molecule has 0 spiro atoms. The monoisotopic (exact) mass is 215 g/mol. The fourth-order valence-electron chi connectivity index (χ4n) is 1.22. The van der Waals surface area contributed by atoms with Crippen molar-refractivity contribution in [3.05, 3.63) is 29.8 Å². The van der Waals surface area contributed by atoms with Crippen molar-refractivity contribution < 1.29 is 13.5 Å². The van der Waals surface area contributed by atoms with Crippen LogP contribution in [0.15, 0.2) is 29.2 Å². The molecule has 0 radical (unpaired) electrons. The molecule has 3 N–H and O–H groups in total. The van der Waals surface area contributed by atoms with Crippen LogP contribution in [0, 0.1) is 0 Å². The molecule has 0 saturated heterocycles. The van der Waals surface area contributed by atoms with E-state index in [1.807, 2.05) is 0 Å². The van der Waals surface area contributed by atoms with Crippen molar-refractivity contribution in [3.63, 3.8) is 0 Å². The summed E-state index contributed by atoms with van der Waals surface area (Å²) in [4.78, 5) is 0.137. The maximum absolute atomic E-state index is 11.3. The molecule has 4 nitrogen and oxygen atoms in total. The lowest BCUT2D eigenvalue weighted by molar-refractivity contribution is 0.183. The molecule has 0 aliphatic carbocycles.